The zero-order valence-electron chi connectivity index (χ0n) is 10.8. The lowest BCUT2D eigenvalue weighted by atomic mass is 10.1. The van der Waals surface area contributed by atoms with Crippen molar-refractivity contribution in [3.63, 3.8) is 0 Å². The Labute approximate surface area is 114 Å². The molecule has 7 nitrogen and oxygen atoms in total. The fourth-order valence-corrected chi connectivity index (χ4v) is 1.79. The van der Waals surface area contributed by atoms with Crippen molar-refractivity contribution in [3.05, 3.63) is 29.3 Å². The molecule has 1 unspecified atom stereocenters. The van der Waals surface area contributed by atoms with Crippen molar-refractivity contribution in [1.82, 2.24) is 5.32 Å². The normalized spacial score (nSPS) is 16.0. The molecule has 0 saturated carbocycles. The molecule has 0 saturated heterocycles. The van der Waals surface area contributed by atoms with Crippen molar-refractivity contribution in [2.45, 2.75) is 18.9 Å². The number of carboxylic acid groups (broad SMARTS) is 1. The first-order chi connectivity index (χ1) is 9.29. The van der Waals surface area contributed by atoms with Gasteiger partial charge in [-0.25, -0.2) is 4.79 Å². The molecule has 2 rings (SSSR count). The first kappa shape index (κ1) is 14.0. The number of fused-ring (bicyclic) bond motifs is 1. The van der Waals surface area contributed by atoms with E-state index in [4.69, 9.17) is 5.11 Å². The van der Waals surface area contributed by atoms with Gasteiger partial charge >= 0.3 is 5.97 Å². The Hall–Kier alpha value is -2.41. The first-order valence-corrected chi connectivity index (χ1v) is 5.96. The van der Waals surface area contributed by atoms with Gasteiger partial charge in [0.1, 0.15) is 0 Å². The van der Waals surface area contributed by atoms with E-state index in [0.717, 1.165) is 12.5 Å². The maximum atomic E-state index is 11.9. The van der Waals surface area contributed by atoms with E-state index >= 15 is 0 Å². The van der Waals surface area contributed by atoms with Gasteiger partial charge in [-0.3, -0.25) is 9.59 Å². The summed E-state index contributed by atoms with van der Waals surface area (Å²) in [7, 11) is 0. The van der Waals surface area contributed by atoms with Crippen LogP contribution in [0.2, 0.25) is 0 Å². The summed E-state index contributed by atoms with van der Waals surface area (Å²) in [5.74, 6) is -2.07. The average molecular weight is 278 g/mol. The molecular weight excluding hydrogens is 264 g/mol. The average Bonchev–Trinajstić information content (AvgIpc) is 2.74. The molecule has 0 radical (unpaired) electrons. The molecule has 0 spiro atoms. The molecule has 4 N–H and O–H groups in total. The molecule has 7 heteroatoms. The highest BCUT2D eigenvalue weighted by Gasteiger charge is 2.30. The zero-order chi connectivity index (χ0) is 14.9. The number of carbonyl (C=O) groups is 3. The minimum absolute atomic E-state index is 0.133. The van der Waals surface area contributed by atoms with Crippen LogP contribution in [0.4, 0.5) is 5.69 Å². The third-order valence-electron chi connectivity index (χ3n) is 3.05. The largest absolute Gasteiger partial charge is 0.479 e. The van der Waals surface area contributed by atoms with Crippen LogP contribution in [0.15, 0.2) is 18.2 Å². The standard InChI is InChI=1S/C13H14N2O5/c1-13(20,12(18)19)6-14-11(17)8-3-2-7-5-10(16)15-9(7)4-8/h2-4,20H,5-6H2,1H3,(H,14,17)(H,15,16)(H,18,19). The van der Waals surface area contributed by atoms with E-state index in [0.29, 0.717) is 5.69 Å². The molecule has 2 amide bonds. The highest BCUT2D eigenvalue weighted by Crippen LogP contribution is 2.23. The highest BCUT2D eigenvalue weighted by atomic mass is 16.4. The Bertz CT molecular complexity index is 594. The Morgan fingerprint density at radius 1 is 1.45 bits per heavy atom. The van der Waals surface area contributed by atoms with Crippen LogP contribution in [0.1, 0.15) is 22.8 Å². The van der Waals surface area contributed by atoms with Crippen LogP contribution in [0.25, 0.3) is 0 Å². The number of anilines is 1. The van der Waals surface area contributed by atoms with Crippen molar-refractivity contribution in [3.8, 4) is 0 Å². The van der Waals surface area contributed by atoms with Crippen molar-refractivity contribution >= 4 is 23.5 Å². The van der Waals surface area contributed by atoms with Crippen LogP contribution in [0, 0.1) is 0 Å². The van der Waals surface area contributed by atoms with Crippen LogP contribution in [0.5, 0.6) is 0 Å². The van der Waals surface area contributed by atoms with Gasteiger partial charge in [-0.15, -0.1) is 0 Å². The van der Waals surface area contributed by atoms with E-state index in [2.05, 4.69) is 10.6 Å². The predicted octanol–water partition coefficient (Wildman–Crippen LogP) is -0.253. The summed E-state index contributed by atoms with van der Waals surface area (Å²) in [5, 5.41) is 23.2. The second-order valence-corrected chi connectivity index (χ2v) is 4.86. The topological polar surface area (TPSA) is 116 Å². The molecule has 106 valence electrons. The van der Waals surface area contributed by atoms with E-state index in [9.17, 15) is 19.5 Å². The molecule has 1 aromatic carbocycles. The number of benzene rings is 1. The predicted molar refractivity (Wildman–Crippen MR) is 69.4 cm³/mol. The number of aliphatic carboxylic acids is 1. The monoisotopic (exact) mass is 278 g/mol. The van der Waals surface area contributed by atoms with E-state index in [1.165, 1.54) is 6.07 Å². The lowest BCUT2D eigenvalue weighted by Gasteiger charge is -2.18. The molecule has 1 aromatic rings. The third-order valence-corrected chi connectivity index (χ3v) is 3.05. The number of hydrogen-bond donors (Lipinski definition) is 4. The molecule has 1 aliphatic heterocycles. The van der Waals surface area contributed by atoms with Gasteiger partial charge < -0.3 is 20.8 Å². The van der Waals surface area contributed by atoms with Crippen molar-refractivity contribution in [2.24, 2.45) is 0 Å². The second kappa shape index (κ2) is 4.93. The summed E-state index contributed by atoms with van der Waals surface area (Å²) in [5.41, 5.74) is -0.357. The van der Waals surface area contributed by atoms with Crippen molar-refractivity contribution < 1.29 is 24.6 Å². The smallest absolute Gasteiger partial charge is 0.337 e. The number of nitrogens with one attached hydrogen (secondary N) is 2. The van der Waals surface area contributed by atoms with E-state index in [1.54, 1.807) is 12.1 Å². The maximum absolute atomic E-state index is 11.9. The summed E-state index contributed by atoms with van der Waals surface area (Å²) in [6, 6.07) is 4.73. The minimum atomic E-state index is -2.03. The summed E-state index contributed by atoms with van der Waals surface area (Å²) in [6.07, 6.45) is 0.283. The third kappa shape index (κ3) is 2.77. The summed E-state index contributed by atoms with van der Waals surface area (Å²) < 4.78 is 0. The van der Waals surface area contributed by atoms with Crippen LogP contribution >= 0.6 is 0 Å². The number of hydrogen-bond acceptors (Lipinski definition) is 4. The Balaban J connectivity index is 2.06. The highest BCUT2D eigenvalue weighted by molar-refractivity contribution is 6.02. The number of carboxylic acids is 1. The molecule has 0 bridgehead atoms. The van der Waals surface area contributed by atoms with E-state index < -0.39 is 24.0 Å². The second-order valence-electron chi connectivity index (χ2n) is 4.86. The Kier molecular flexibility index (Phi) is 3.46. The number of aliphatic hydroxyl groups is 1. The van der Waals surface area contributed by atoms with Gasteiger partial charge in [-0.2, -0.15) is 0 Å². The first-order valence-electron chi connectivity index (χ1n) is 5.96. The molecule has 0 aliphatic carbocycles. The van der Waals surface area contributed by atoms with Crippen LogP contribution in [0.3, 0.4) is 0 Å². The molecular formula is C13H14N2O5. The molecule has 0 aromatic heterocycles. The molecule has 20 heavy (non-hydrogen) atoms. The van der Waals surface area contributed by atoms with Crippen molar-refractivity contribution in [2.75, 3.05) is 11.9 Å². The Morgan fingerprint density at radius 3 is 2.80 bits per heavy atom. The van der Waals surface area contributed by atoms with Gasteiger partial charge in [0.2, 0.25) is 5.91 Å². The van der Waals surface area contributed by atoms with Crippen LogP contribution < -0.4 is 10.6 Å². The van der Waals surface area contributed by atoms with Crippen LogP contribution in [-0.2, 0) is 16.0 Å². The number of amides is 2. The van der Waals surface area contributed by atoms with Gasteiger partial charge in [0.15, 0.2) is 5.60 Å². The van der Waals surface area contributed by atoms with Gasteiger partial charge in [0.25, 0.3) is 5.91 Å². The minimum Gasteiger partial charge on any atom is -0.479 e. The fourth-order valence-electron chi connectivity index (χ4n) is 1.79. The molecule has 1 atom stereocenters. The zero-order valence-corrected chi connectivity index (χ0v) is 10.8. The number of rotatable bonds is 4. The lowest BCUT2D eigenvalue weighted by Crippen LogP contribution is -2.46. The molecule has 0 fully saturated rings. The number of carbonyl (C=O) groups excluding carboxylic acids is 2. The fraction of sp³-hybridized carbons (Fsp3) is 0.308. The van der Waals surface area contributed by atoms with Gasteiger partial charge in [0, 0.05) is 11.3 Å². The maximum Gasteiger partial charge on any atom is 0.337 e. The molecule has 1 heterocycles. The Morgan fingerprint density at radius 2 is 2.15 bits per heavy atom. The summed E-state index contributed by atoms with van der Waals surface area (Å²) >= 11 is 0. The van der Waals surface area contributed by atoms with Crippen LogP contribution in [-0.4, -0.2) is 40.1 Å². The van der Waals surface area contributed by atoms with Crippen molar-refractivity contribution in [1.29, 1.82) is 0 Å². The van der Waals surface area contributed by atoms with Gasteiger partial charge in [-0.1, -0.05) is 6.07 Å². The van der Waals surface area contributed by atoms with Gasteiger partial charge in [-0.05, 0) is 24.6 Å². The quantitative estimate of drug-likeness (QED) is 0.606. The van der Waals surface area contributed by atoms with E-state index in [1.807, 2.05) is 0 Å². The molecule has 1 aliphatic rings. The van der Waals surface area contributed by atoms with Gasteiger partial charge in [0.05, 0.1) is 13.0 Å². The lowest BCUT2D eigenvalue weighted by molar-refractivity contribution is -0.155. The SMILES string of the molecule is CC(O)(CNC(=O)c1ccc2c(c1)NC(=O)C2)C(=O)O. The summed E-state index contributed by atoms with van der Waals surface area (Å²) in [6.45, 7) is 0.684. The van der Waals surface area contributed by atoms with E-state index in [-0.39, 0.29) is 17.9 Å². The summed E-state index contributed by atoms with van der Waals surface area (Å²) in [4.78, 5) is 33.8.